The Labute approximate surface area is 191 Å². The van der Waals surface area contributed by atoms with Crippen LogP contribution in [0.15, 0.2) is 60.9 Å². The van der Waals surface area contributed by atoms with Gasteiger partial charge in [0, 0.05) is 11.9 Å². The van der Waals surface area contributed by atoms with E-state index in [1.807, 2.05) is 79.9 Å². The van der Waals surface area contributed by atoms with Crippen LogP contribution in [-0.2, 0) is 6.54 Å². The van der Waals surface area contributed by atoms with Crippen LogP contribution in [0.3, 0.4) is 0 Å². The van der Waals surface area contributed by atoms with Crippen molar-refractivity contribution in [2.45, 2.75) is 27.3 Å². The van der Waals surface area contributed by atoms with Gasteiger partial charge in [-0.2, -0.15) is 20.3 Å². The molecule has 1 aromatic carbocycles. The van der Waals surface area contributed by atoms with Gasteiger partial charge in [0.2, 0.25) is 0 Å². The van der Waals surface area contributed by atoms with Crippen molar-refractivity contribution in [1.29, 1.82) is 5.26 Å². The van der Waals surface area contributed by atoms with Crippen molar-refractivity contribution in [2.75, 3.05) is 5.73 Å². The lowest BCUT2D eigenvalue weighted by Gasteiger charge is -2.10. The molecule has 5 rings (SSSR count). The number of aryl methyl sites for hydroxylation is 1. The Morgan fingerprint density at radius 3 is 2.52 bits per heavy atom. The van der Waals surface area contributed by atoms with Gasteiger partial charge in [-0.25, -0.2) is 15.0 Å². The van der Waals surface area contributed by atoms with Crippen LogP contribution in [0, 0.1) is 18.3 Å². The fourth-order valence-electron chi connectivity index (χ4n) is 3.38. The zero-order valence-electron chi connectivity index (χ0n) is 18.6. The summed E-state index contributed by atoms with van der Waals surface area (Å²) in [5.74, 6) is 1.05. The highest BCUT2D eigenvalue weighted by Crippen LogP contribution is 2.31. The summed E-state index contributed by atoms with van der Waals surface area (Å²) in [6.45, 7) is 6.12. The van der Waals surface area contributed by atoms with E-state index in [4.69, 9.17) is 21.0 Å². The predicted molar refractivity (Wildman–Crippen MR) is 127 cm³/mol. The molecule has 0 spiro atoms. The van der Waals surface area contributed by atoms with Gasteiger partial charge in [0.05, 0.1) is 23.5 Å². The second-order valence-electron chi connectivity index (χ2n) is 7.00. The van der Waals surface area contributed by atoms with Crippen LogP contribution in [0.1, 0.15) is 19.4 Å². The van der Waals surface area contributed by atoms with Crippen LogP contribution in [0.4, 0.5) is 5.82 Å². The van der Waals surface area contributed by atoms with E-state index in [0.717, 1.165) is 16.8 Å². The number of nitrogens with zero attached hydrogens (tertiary/aromatic N) is 8. The molecular weight excluding hydrogens is 414 g/mol. The Hall–Kier alpha value is -4.58. The highest BCUT2D eigenvalue weighted by molar-refractivity contribution is 5.84. The van der Waals surface area contributed by atoms with Crippen LogP contribution < -0.4 is 5.73 Å². The fraction of sp³-hybridized carbons (Fsp3) is 0.167. The van der Waals surface area contributed by atoms with E-state index < -0.39 is 0 Å². The fourth-order valence-corrected chi connectivity index (χ4v) is 3.38. The van der Waals surface area contributed by atoms with E-state index in [1.54, 1.807) is 12.4 Å². The number of aromatic nitrogens is 7. The van der Waals surface area contributed by atoms with Crippen LogP contribution in [0.25, 0.3) is 39.6 Å². The second kappa shape index (κ2) is 9.28. The average molecular weight is 438 g/mol. The molecule has 0 atom stereocenters. The molecule has 0 saturated heterocycles. The van der Waals surface area contributed by atoms with Crippen molar-refractivity contribution < 1.29 is 0 Å². The summed E-state index contributed by atoms with van der Waals surface area (Å²) in [6, 6.07) is 17.6. The van der Waals surface area contributed by atoms with E-state index in [2.05, 4.69) is 15.2 Å². The Kier molecular flexibility index (Phi) is 6.09. The first-order chi connectivity index (χ1) is 16.1. The molecule has 0 unspecified atom stereocenters. The van der Waals surface area contributed by atoms with Crippen LogP contribution in [-0.4, -0.2) is 34.5 Å². The van der Waals surface area contributed by atoms with E-state index in [0.29, 0.717) is 34.2 Å². The number of rotatable bonds is 4. The molecule has 164 valence electrons. The van der Waals surface area contributed by atoms with E-state index in [-0.39, 0.29) is 6.54 Å². The third-order valence-electron chi connectivity index (χ3n) is 4.89. The topological polar surface area (TPSA) is 124 Å². The Balaban J connectivity index is 0.00000126. The summed E-state index contributed by atoms with van der Waals surface area (Å²) in [7, 11) is 0. The van der Waals surface area contributed by atoms with Crippen molar-refractivity contribution in [3.63, 3.8) is 0 Å². The molecule has 5 aromatic rings. The maximum absolute atomic E-state index is 8.86. The molecule has 0 saturated carbocycles. The Morgan fingerprint density at radius 1 is 1.00 bits per heavy atom. The quantitative estimate of drug-likeness (QED) is 0.447. The van der Waals surface area contributed by atoms with Gasteiger partial charge in [-0.15, -0.1) is 0 Å². The average Bonchev–Trinajstić information content (AvgIpc) is 3.46. The number of nitrogen functional groups attached to an aromatic ring is 1. The van der Waals surface area contributed by atoms with Crippen molar-refractivity contribution in [2.24, 2.45) is 0 Å². The van der Waals surface area contributed by atoms with Gasteiger partial charge in [0.25, 0.3) is 0 Å². The first-order valence-corrected chi connectivity index (χ1v) is 10.6. The molecule has 0 radical (unpaired) electrons. The van der Waals surface area contributed by atoms with Crippen molar-refractivity contribution in [1.82, 2.24) is 34.5 Å². The summed E-state index contributed by atoms with van der Waals surface area (Å²) in [5.41, 5.74) is 11.5. The maximum atomic E-state index is 8.86. The van der Waals surface area contributed by atoms with Gasteiger partial charge in [-0.05, 0) is 43.3 Å². The molecule has 9 nitrogen and oxygen atoms in total. The molecule has 4 aromatic heterocycles. The van der Waals surface area contributed by atoms with Gasteiger partial charge in [-0.1, -0.05) is 31.5 Å². The normalized spacial score (nSPS) is 10.5. The van der Waals surface area contributed by atoms with Gasteiger partial charge < -0.3 is 5.73 Å². The summed E-state index contributed by atoms with van der Waals surface area (Å²) in [6.07, 6.45) is 3.25. The smallest absolute Gasteiger partial charge is 0.165 e. The number of hydrogen-bond donors (Lipinski definition) is 1. The van der Waals surface area contributed by atoms with E-state index >= 15 is 0 Å². The lowest BCUT2D eigenvalue weighted by molar-refractivity contribution is 0.610. The lowest BCUT2D eigenvalue weighted by atomic mass is 10.2. The molecule has 2 N–H and O–H groups in total. The molecule has 0 amide bonds. The van der Waals surface area contributed by atoms with Crippen LogP contribution >= 0.6 is 0 Å². The number of imidazole rings is 1. The number of nitrogens with two attached hydrogens (primary N) is 1. The summed E-state index contributed by atoms with van der Waals surface area (Å²) in [4.78, 5) is 15.2. The SMILES string of the molecule is CC.Cc1ccc(-n2c(-c3cccnc3N)nc3ccc(-c4cnn(CC#N)n4)nc32)cc1. The van der Waals surface area contributed by atoms with E-state index in [9.17, 15) is 0 Å². The van der Waals surface area contributed by atoms with Crippen molar-refractivity contribution >= 4 is 17.0 Å². The van der Waals surface area contributed by atoms with Gasteiger partial charge in [-0.3, -0.25) is 4.57 Å². The molecule has 0 aliphatic rings. The molecule has 0 aliphatic carbocycles. The zero-order chi connectivity index (χ0) is 23.4. The van der Waals surface area contributed by atoms with Gasteiger partial charge in [0.15, 0.2) is 11.5 Å². The molecule has 0 aliphatic heterocycles. The minimum absolute atomic E-state index is 0.0774. The van der Waals surface area contributed by atoms with E-state index in [1.165, 1.54) is 4.80 Å². The Bertz CT molecular complexity index is 1440. The molecule has 33 heavy (non-hydrogen) atoms. The number of benzene rings is 1. The summed E-state index contributed by atoms with van der Waals surface area (Å²) < 4.78 is 1.96. The monoisotopic (exact) mass is 437 g/mol. The minimum Gasteiger partial charge on any atom is -0.383 e. The standard InChI is InChI=1S/C22H17N9.C2H6/c1-14-4-6-15(7-5-14)31-21(16-3-2-11-25-20(16)24)28-18-9-8-17(27-22(18)31)19-13-26-30(29-19)12-10-23;1-2/h2-9,11,13H,12H2,1H3,(H2,24,25);1-2H3. The van der Waals surface area contributed by atoms with Gasteiger partial charge in [0.1, 0.15) is 23.6 Å². The highest BCUT2D eigenvalue weighted by Gasteiger charge is 2.19. The highest BCUT2D eigenvalue weighted by atomic mass is 15.5. The molecule has 0 fully saturated rings. The minimum atomic E-state index is 0.0774. The Morgan fingerprint density at radius 2 is 1.79 bits per heavy atom. The molecule has 4 heterocycles. The number of hydrogen-bond acceptors (Lipinski definition) is 7. The maximum Gasteiger partial charge on any atom is 0.165 e. The third kappa shape index (κ3) is 4.14. The number of anilines is 1. The summed E-state index contributed by atoms with van der Waals surface area (Å²) >= 11 is 0. The van der Waals surface area contributed by atoms with Crippen LogP contribution in [0.2, 0.25) is 0 Å². The molecule has 0 bridgehead atoms. The first kappa shape index (κ1) is 21.6. The number of fused-ring (bicyclic) bond motifs is 1. The number of pyridine rings is 2. The van der Waals surface area contributed by atoms with Crippen LogP contribution in [0.5, 0.6) is 0 Å². The first-order valence-electron chi connectivity index (χ1n) is 10.6. The zero-order valence-corrected chi connectivity index (χ0v) is 18.6. The predicted octanol–water partition coefficient (Wildman–Crippen LogP) is 4.18. The van der Waals surface area contributed by atoms with Gasteiger partial charge >= 0.3 is 0 Å². The number of nitriles is 1. The molecule has 9 heteroatoms. The third-order valence-corrected chi connectivity index (χ3v) is 4.89. The molecular formula is C24H23N9. The largest absolute Gasteiger partial charge is 0.383 e. The van der Waals surface area contributed by atoms with Crippen molar-refractivity contribution in [3.8, 4) is 34.5 Å². The summed E-state index contributed by atoms with van der Waals surface area (Å²) in [5, 5.41) is 17.3. The van der Waals surface area contributed by atoms with Crippen molar-refractivity contribution in [3.05, 3.63) is 66.5 Å². The second-order valence-corrected chi connectivity index (χ2v) is 7.00. The lowest BCUT2D eigenvalue weighted by Crippen LogP contribution is -2.02.